The van der Waals surface area contributed by atoms with Gasteiger partial charge >= 0.3 is 6.03 Å². The number of urea groups is 1. The Morgan fingerprint density at radius 1 is 1.00 bits per heavy atom. The van der Waals surface area contributed by atoms with Gasteiger partial charge in [0.25, 0.3) is 0 Å². The fourth-order valence-corrected chi connectivity index (χ4v) is 4.94. The highest BCUT2D eigenvalue weighted by atomic mass is 32.1. The molecule has 1 aromatic heterocycles. The van der Waals surface area contributed by atoms with Crippen LogP contribution in [0.4, 0.5) is 10.5 Å². The van der Waals surface area contributed by atoms with Crippen LogP contribution in [0.15, 0.2) is 66.0 Å². The maximum atomic E-state index is 13.6. The van der Waals surface area contributed by atoms with Crippen molar-refractivity contribution in [3.8, 4) is 0 Å². The summed E-state index contributed by atoms with van der Waals surface area (Å²) in [6, 6.07) is 19.5. The summed E-state index contributed by atoms with van der Waals surface area (Å²) in [6.07, 6.45) is 1.82. The van der Waals surface area contributed by atoms with E-state index in [0.29, 0.717) is 26.2 Å². The Hall–Kier alpha value is -3.16. The highest BCUT2D eigenvalue weighted by Gasteiger charge is 2.27. The third-order valence-electron chi connectivity index (χ3n) is 6.40. The van der Waals surface area contributed by atoms with E-state index in [1.54, 1.807) is 16.2 Å². The molecule has 0 aliphatic carbocycles. The number of nitrogens with one attached hydrogen (secondary N) is 1. The van der Waals surface area contributed by atoms with Crippen molar-refractivity contribution in [2.75, 3.05) is 25.0 Å². The summed E-state index contributed by atoms with van der Waals surface area (Å²) in [5.74, 6) is -0.0867. The lowest BCUT2D eigenvalue weighted by Crippen LogP contribution is -2.46. The highest BCUT2D eigenvalue weighted by Crippen LogP contribution is 2.20. The minimum absolute atomic E-state index is 0.00519. The van der Waals surface area contributed by atoms with Gasteiger partial charge in [-0.1, -0.05) is 48.5 Å². The van der Waals surface area contributed by atoms with E-state index < -0.39 is 0 Å². The molecule has 4 rings (SSSR count). The Morgan fingerprint density at radius 2 is 1.83 bits per heavy atom. The summed E-state index contributed by atoms with van der Waals surface area (Å²) >= 11 is 1.63. The van der Waals surface area contributed by atoms with Gasteiger partial charge in [0.2, 0.25) is 5.91 Å². The Morgan fingerprint density at radius 3 is 2.54 bits per heavy atom. The Labute approximate surface area is 211 Å². The quantitative estimate of drug-likeness (QED) is 0.423. The summed E-state index contributed by atoms with van der Waals surface area (Å²) in [4.78, 5) is 31.5. The van der Waals surface area contributed by atoms with E-state index >= 15 is 0 Å². The van der Waals surface area contributed by atoms with Gasteiger partial charge in [0.05, 0.1) is 12.6 Å². The van der Waals surface area contributed by atoms with E-state index in [0.717, 1.165) is 40.1 Å². The molecule has 3 amide bonds. The number of anilines is 1. The fraction of sp³-hybridized carbons (Fsp3) is 0.357. The van der Waals surface area contributed by atoms with Crippen LogP contribution in [0.2, 0.25) is 0 Å². The van der Waals surface area contributed by atoms with E-state index in [2.05, 4.69) is 5.32 Å². The van der Waals surface area contributed by atoms with Crippen molar-refractivity contribution >= 4 is 29.0 Å². The number of hydrogen-bond acceptors (Lipinski definition) is 4. The number of aryl methyl sites for hydroxylation is 1. The van der Waals surface area contributed by atoms with Crippen LogP contribution in [0.1, 0.15) is 34.4 Å². The molecule has 0 radical (unpaired) electrons. The van der Waals surface area contributed by atoms with E-state index in [9.17, 15) is 9.59 Å². The molecule has 1 atom stereocenters. The molecular formula is C28H33N3O3S. The number of carbonyl (C=O) groups excluding carboxylic acids is 2. The summed E-state index contributed by atoms with van der Waals surface area (Å²) in [5, 5.41) is 5.04. The van der Waals surface area contributed by atoms with Gasteiger partial charge < -0.3 is 19.9 Å². The largest absolute Gasteiger partial charge is 0.376 e. The molecule has 7 heteroatoms. The molecule has 0 bridgehead atoms. The minimum atomic E-state index is -0.279. The summed E-state index contributed by atoms with van der Waals surface area (Å²) in [6.45, 7) is 6.09. The monoisotopic (exact) mass is 491 g/mol. The average molecular weight is 492 g/mol. The van der Waals surface area contributed by atoms with Gasteiger partial charge in [0.1, 0.15) is 6.54 Å². The molecule has 6 nitrogen and oxygen atoms in total. The standard InChI is InChI=1S/C28H33N3O3S/c1-21-9-6-14-26(22(21)2)29-28(33)31(18-24-12-7-15-34-24)20-27(32)30(19-25-13-8-16-35-25)17-23-10-4-3-5-11-23/h3-6,8-11,13-14,16,24H,7,12,15,17-20H2,1-2H3,(H,29,33)/t24-/m0/s1. The van der Waals surface area contributed by atoms with Crippen molar-refractivity contribution in [2.45, 2.75) is 45.9 Å². The molecule has 3 aromatic rings. The Bertz CT molecular complexity index is 1110. The molecule has 2 heterocycles. The van der Waals surface area contributed by atoms with Gasteiger partial charge in [-0.25, -0.2) is 4.79 Å². The molecule has 0 unspecified atom stereocenters. The molecule has 1 fully saturated rings. The zero-order chi connectivity index (χ0) is 24.6. The van der Waals surface area contributed by atoms with Crippen LogP contribution in [-0.4, -0.2) is 47.5 Å². The van der Waals surface area contributed by atoms with Crippen LogP contribution in [0.25, 0.3) is 0 Å². The normalized spacial score (nSPS) is 15.1. The van der Waals surface area contributed by atoms with Crippen molar-refractivity contribution in [1.29, 1.82) is 0 Å². The van der Waals surface area contributed by atoms with Crippen molar-refractivity contribution < 1.29 is 14.3 Å². The maximum Gasteiger partial charge on any atom is 0.322 e. The first kappa shape index (κ1) is 24.9. The van der Waals surface area contributed by atoms with Crippen LogP contribution < -0.4 is 5.32 Å². The number of ether oxygens (including phenoxy) is 1. The average Bonchev–Trinajstić information content (AvgIpc) is 3.56. The molecule has 35 heavy (non-hydrogen) atoms. The molecule has 1 saturated heterocycles. The van der Waals surface area contributed by atoms with Gasteiger partial charge in [0.15, 0.2) is 0 Å². The smallest absolute Gasteiger partial charge is 0.322 e. The van der Waals surface area contributed by atoms with Gasteiger partial charge in [-0.3, -0.25) is 4.79 Å². The zero-order valence-corrected chi connectivity index (χ0v) is 21.2. The number of hydrogen-bond donors (Lipinski definition) is 1. The predicted octanol–water partition coefficient (Wildman–Crippen LogP) is 5.61. The van der Waals surface area contributed by atoms with E-state index in [4.69, 9.17) is 4.74 Å². The van der Waals surface area contributed by atoms with Gasteiger partial charge in [-0.05, 0) is 60.9 Å². The number of rotatable bonds is 9. The maximum absolute atomic E-state index is 13.6. The SMILES string of the molecule is Cc1cccc(NC(=O)N(CC(=O)N(Cc2ccccc2)Cc2cccs2)C[C@@H]2CCCO2)c1C. The lowest BCUT2D eigenvalue weighted by molar-refractivity contribution is -0.133. The van der Waals surface area contributed by atoms with E-state index in [1.807, 2.05) is 84.8 Å². The third-order valence-corrected chi connectivity index (χ3v) is 7.26. The van der Waals surface area contributed by atoms with Crippen molar-refractivity contribution in [3.63, 3.8) is 0 Å². The second-order valence-electron chi connectivity index (χ2n) is 9.01. The van der Waals surface area contributed by atoms with Crippen LogP contribution >= 0.6 is 11.3 Å². The lowest BCUT2D eigenvalue weighted by Gasteiger charge is -2.29. The number of thiophene rings is 1. The molecule has 184 valence electrons. The van der Waals surface area contributed by atoms with Crippen LogP contribution in [-0.2, 0) is 22.6 Å². The predicted molar refractivity (Wildman–Crippen MR) is 140 cm³/mol. The topological polar surface area (TPSA) is 61.9 Å². The van der Waals surface area contributed by atoms with Crippen LogP contribution in [0, 0.1) is 13.8 Å². The third kappa shape index (κ3) is 6.93. The Kier molecular flexibility index (Phi) is 8.55. The molecule has 1 N–H and O–H groups in total. The van der Waals surface area contributed by atoms with Crippen molar-refractivity contribution in [1.82, 2.24) is 9.80 Å². The fourth-order valence-electron chi connectivity index (χ4n) is 4.22. The van der Waals surface area contributed by atoms with Gasteiger partial charge in [0, 0.05) is 30.3 Å². The number of benzene rings is 2. The molecule has 0 saturated carbocycles. The van der Waals surface area contributed by atoms with Crippen LogP contribution in [0.3, 0.4) is 0 Å². The van der Waals surface area contributed by atoms with Crippen LogP contribution in [0.5, 0.6) is 0 Å². The summed E-state index contributed by atoms with van der Waals surface area (Å²) < 4.78 is 5.80. The van der Waals surface area contributed by atoms with E-state index in [-0.39, 0.29) is 24.6 Å². The van der Waals surface area contributed by atoms with Gasteiger partial charge in [-0.2, -0.15) is 0 Å². The molecule has 1 aliphatic heterocycles. The molecule has 2 aromatic carbocycles. The zero-order valence-electron chi connectivity index (χ0n) is 20.4. The first-order valence-electron chi connectivity index (χ1n) is 12.1. The van der Waals surface area contributed by atoms with Crippen molar-refractivity contribution in [3.05, 3.63) is 87.6 Å². The molecule has 1 aliphatic rings. The first-order valence-corrected chi connectivity index (χ1v) is 13.0. The van der Waals surface area contributed by atoms with Crippen molar-refractivity contribution in [2.24, 2.45) is 0 Å². The van der Waals surface area contributed by atoms with Gasteiger partial charge in [-0.15, -0.1) is 11.3 Å². The lowest BCUT2D eigenvalue weighted by atomic mass is 10.1. The molecular weight excluding hydrogens is 458 g/mol. The second-order valence-corrected chi connectivity index (χ2v) is 10.0. The second kappa shape index (κ2) is 12.0. The summed E-state index contributed by atoms with van der Waals surface area (Å²) in [7, 11) is 0. The number of amides is 3. The number of nitrogens with zero attached hydrogens (tertiary/aromatic N) is 2. The minimum Gasteiger partial charge on any atom is -0.376 e. The molecule has 0 spiro atoms. The Balaban J connectivity index is 1.52. The summed E-state index contributed by atoms with van der Waals surface area (Å²) in [5.41, 5.74) is 3.95. The van der Waals surface area contributed by atoms with E-state index in [1.165, 1.54) is 0 Å². The highest BCUT2D eigenvalue weighted by molar-refractivity contribution is 7.09. The number of carbonyl (C=O) groups is 2. The first-order chi connectivity index (χ1) is 17.0.